The highest BCUT2D eigenvalue weighted by Crippen LogP contribution is 2.15. The van der Waals surface area contributed by atoms with E-state index in [2.05, 4.69) is 15.3 Å². The molecular formula is C16H15FN6O. The molecule has 0 N–H and O–H groups in total. The summed E-state index contributed by atoms with van der Waals surface area (Å²) in [7, 11) is 0. The van der Waals surface area contributed by atoms with E-state index in [4.69, 9.17) is 0 Å². The van der Waals surface area contributed by atoms with E-state index in [0.29, 0.717) is 31.0 Å². The topological polar surface area (TPSA) is 68.8 Å². The van der Waals surface area contributed by atoms with Gasteiger partial charge in [-0.2, -0.15) is 5.10 Å². The minimum absolute atomic E-state index is 0.169. The molecule has 0 saturated heterocycles. The number of hydrogen-bond donors (Lipinski definition) is 0. The fourth-order valence-electron chi connectivity index (χ4n) is 2.84. The molecule has 0 aliphatic carbocycles. The Labute approximate surface area is 137 Å². The molecule has 1 amide bonds. The van der Waals surface area contributed by atoms with Gasteiger partial charge in [0.15, 0.2) is 11.5 Å². The van der Waals surface area contributed by atoms with Gasteiger partial charge < -0.3 is 9.47 Å². The third-order valence-electron chi connectivity index (χ3n) is 4.11. The summed E-state index contributed by atoms with van der Waals surface area (Å²) in [5, 5.41) is 12.4. The molecule has 0 bridgehead atoms. The quantitative estimate of drug-likeness (QED) is 0.717. The number of aryl methyl sites for hydroxylation is 1. The van der Waals surface area contributed by atoms with E-state index in [9.17, 15) is 9.18 Å². The predicted octanol–water partition coefficient (Wildman–Crippen LogP) is 1.57. The highest BCUT2D eigenvalue weighted by atomic mass is 19.1. The monoisotopic (exact) mass is 326 g/mol. The molecule has 4 rings (SSSR count). The van der Waals surface area contributed by atoms with Crippen molar-refractivity contribution in [3.63, 3.8) is 0 Å². The van der Waals surface area contributed by atoms with Gasteiger partial charge in [-0.05, 0) is 31.2 Å². The molecule has 0 spiro atoms. The summed E-state index contributed by atoms with van der Waals surface area (Å²) in [6.45, 7) is 3.56. The summed E-state index contributed by atoms with van der Waals surface area (Å²) >= 11 is 0. The van der Waals surface area contributed by atoms with Crippen molar-refractivity contribution in [2.45, 2.75) is 20.0 Å². The standard InChI is InChI=1S/C16H15FN6O/c1-11-18-19-15-10-21(7-8-22(11)15)16(24)14-5-6-23(20-14)13-4-2-3-12(17)9-13/h2-6,9H,7-8,10H2,1H3. The summed E-state index contributed by atoms with van der Waals surface area (Å²) < 4.78 is 16.8. The zero-order valence-electron chi connectivity index (χ0n) is 13.1. The van der Waals surface area contributed by atoms with Gasteiger partial charge in [0.2, 0.25) is 0 Å². The molecular weight excluding hydrogens is 311 g/mol. The largest absolute Gasteiger partial charge is 0.328 e. The van der Waals surface area contributed by atoms with Gasteiger partial charge in [0, 0.05) is 19.3 Å². The van der Waals surface area contributed by atoms with Crippen LogP contribution in [0.2, 0.25) is 0 Å². The van der Waals surface area contributed by atoms with Crippen LogP contribution in [-0.4, -0.2) is 41.9 Å². The molecule has 0 unspecified atom stereocenters. The normalized spacial score (nSPS) is 13.8. The number of fused-ring (bicyclic) bond motifs is 1. The van der Waals surface area contributed by atoms with Gasteiger partial charge in [-0.3, -0.25) is 4.79 Å². The second-order valence-electron chi connectivity index (χ2n) is 5.67. The lowest BCUT2D eigenvalue weighted by atomic mass is 10.3. The van der Waals surface area contributed by atoms with Crippen molar-refractivity contribution in [2.75, 3.05) is 6.54 Å². The van der Waals surface area contributed by atoms with Crippen LogP contribution in [0.3, 0.4) is 0 Å². The van der Waals surface area contributed by atoms with Crippen LogP contribution in [0.1, 0.15) is 22.1 Å². The highest BCUT2D eigenvalue weighted by molar-refractivity contribution is 5.92. The Bertz CT molecular complexity index is 915. The molecule has 0 fully saturated rings. The van der Waals surface area contributed by atoms with Crippen molar-refractivity contribution in [3.8, 4) is 5.69 Å². The van der Waals surface area contributed by atoms with E-state index in [0.717, 1.165) is 11.6 Å². The van der Waals surface area contributed by atoms with Gasteiger partial charge in [-0.25, -0.2) is 9.07 Å². The number of benzene rings is 1. The SMILES string of the molecule is Cc1nnc2n1CCN(C(=O)c1ccn(-c3cccc(F)c3)n1)C2. The first-order valence-electron chi connectivity index (χ1n) is 7.61. The minimum Gasteiger partial charge on any atom is -0.328 e. The molecule has 1 aliphatic heterocycles. The Kier molecular flexibility index (Phi) is 3.37. The van der Waals surface area contributed by atoms with E-state index in [1.165, 1.54) is 16.8 Å². The molecule has 2 aromatic heterocycles. The summed E-state index contributed by atoms with van der Waals surface area (Å²) in [5.74, 6) is 1.11. The molecule has 0 saturated carbocycles. The van der Waals surface area contributed by atoms with Crippen LogP contribution in [0.25, 0.3) is 5.69 Å². The Balaban J connectivity index is 1.56. The molecule has 0 atom stereocenters. The molecule has 0 radical (unpaired) electrons. The van der Waals surface area contributed by atoms with Gasteiger partial charge >= 0.3 is 0 Å². The maximum atomic E-state index is 13.3. The maximum Gasteiger partial charge on any atom is 0.274 e. The molecule has 24 heavy (non-hydrogen) atoms. The molecule has 7 nitrogen and oxygen atoms in total. The van der Waals surface area contributed by atoms with E-state index in [1.54, 1.807) is 29.3 Å². The van der Waals surface area contributed by atoms with Crippen LogP contribution < -0.4 is 0 Å². The minimum atomic E-state index is -0.346. The number of aromatic nitrogens is 5. The number of hydrogen-bond acceptors (Lipinski definition) is 4. The molecule has 3 aromatic rings. The lowest BCUT2D eigenvalue weighted by Gasteiger charge is -2.26. The third kappa shape index (κ3) is 2.45. The lowest BCUT2D eigenvalue weighted by Crippen LogP contribution is -2.38. The van der Waals surface area contributed by atoms with Gasteiger partial charge in [-0.1, -0.05) is 6.07 Å². The second kappa shape index (κ2) is 5.55. The smallest absolute Gasteiger partial charge is 0.274 e. The average molecular weight is 326 g/mol. The van der Waals surface area contributed by atoms with Crippen LogP contribution in [0.15, 0.2) is 36.5 Å². The van der Waals surface area contributed by atoms with Gasteiger partial charge in [-0.15, -0.1) is 10.2 Å². The number of carbonyl (C=O) groups is 1. The molecule has 3 heterocycles. The Morgan fingerprint density at radius 2 is 2.08 bits per heavy atom. The van der Waals surface area contributed by atoms with Crippen LogP contribution in [0.5, 0.6) is 0 Å². The van der Waals surface area contributed by atoms with Crippen molar-refractivity contribution >= 4 is 5.91 Å². The average Bonchev–Trinajstić information content (AvgIpc) is 3.21. The number of rotatable bonds is 2. The fourth-order valence-corrected chi connectivity index (χ4v) is 2.84. The van der Waals surface area contributed by atoms with Crippen LogP contribution >= 0.6 is 0 Å². The molecule has 122 valence electrons. The lowest BCUT2D eigenvalue weighted by molar-refractivity contribution is 0.0700. The van der Waals surface area contributed by atoms with E-state index >= 15 is 0 Å². The molecule has 1 aromatic carbocycles. The first kappa shape index (κ1) is 14.6. The summed E-state index contributed by atoms with van der Waals surface area (Å²) in [4.78, 5) is 14.3. The molecule has 8 heteroatoms. The first-order valence-corrected chi connectivity index (χ1v) is 7.61. The summed E-state index contributed by atoms with van der Waals surface area (Å²) in [5.41, 5.74) is 0.895. The highest BCUT2D eigenvalue weighted by Gasteiger charge is 2.25. The van der Waals surface area contributed by atoms with E-state index in [-0.39, 0.29) is 11.7 Å². The predicted molar refractivity (Wildman–Crippen MR) is 83.0 cm³/mol. The van der Waals surface area contributed by atoms with E-state index in [1.807, 2.05) is 11.5 Å². The van der Waals surface area contributed by atoms with Crippen LogP contribution in [0.4, 0.5) is 4.39 Å². The van der Waals surface area contributed by atoms with Crippen molar-refractivity contribution in [1.29, 1.82) is 0 Å². The van der Waals surface area contributed by atoms with Crippen LogP contribution in [-0.2, 0) is 13.1 Å². The fraction of sp³-hybridized carbons (Fsp3) is 0.250. The zero-order valence-corrected chi connectivity index (χ0v) is 13.1. The van der Waals surface area contributed by atoms with Crippen molar-refractivity contribution in [1.82, 2.24) is 29.4 Å². The van der Waals surface area contributed by atoms with Crippen molar-refractivity contribution < 1.29 is 9.18 Å². The zero-order chi connectivity index (χ0) is 16.7. The summed E-state index contributed by atoms with van der Waals surface area (Å²) in [6, 6.07) is 7.71. The number of nitrogens with zero attached hydrogens (tertiary/aromatic N) is 6. The number of carbonyl (C=O) groups excluding carboxylic acids is 1. The van der Waals surface area contributed by atoms with Crippen LogP contribution in [0, 0.1) is 12.7 Å². The van der Waals surface area contributed by atoms with Crippen molar-refractivity contribution in [3.05, 3.63) is 59.7 Å². The summed E-state index contributed by atoms with van der Waals surface area (Å²) in [6.07, 6.45) is 1.65. The molecule has 1 aliphatic rings. The Morgan fingerprint density at radius 3 is 2.92 bits per heavy atom. The Morgan fingerprint density at radius 1 is 1.21 bits per heavy atom. The van der Waals surface area contributed by atoms with Gasteiger partial charge in [0.05, 0.1) is 12.2 Å². The maximum absolute atomic E-state index is 13.3. The van der Waals surface area contributed by atoms with Gasteiger partial charge in [0.25, 0.3) is 5.91 Å². The second-order valence-corrected chi connectivity index (χ2v) is 5.67. The Hall–Kier alpha value is -3.03. The third-order valence-corrected chi connectivity index (χ3v) is 4.11. The number of amides is 1. The van der Waals surface area contributed by atoms with E-state index < -0.39 is 0 Å². The number of halogens is 1. The van der Waals surface area contributed by atoms with Crippen molar-refractivity contribution in [2.24, 2.45) is 0 Å². The van der Waals surface area contributed by atoms with Gasteiger partial charge in [0.1, 0.15) is 11.6 Å². The first-order chi connectivity index (χ1) is 11.6.